The van der Waals surface area contributed by atoms with Crippen LogP contribution in [0, 0.1) is 0 Å². The maximum atomic E-state index is 11.2. The lowest BCUT2D eigenvalue weighted by Gasteiger charge is -1.98. The van der Waals surface area contributed by atoms with Crippen molar-refractivity contribution in [2.45, 2.75) is 4.90 Å². The molecule has 0 radical (unpaired) electrons. The molecule has 1 aromatic heterocycles. The fourth-order valence-electron chi connectivity index (χ4n) is 1.17. The minimum absolute atomic E-state index is 0.0535. The Hall–Kier alpha value is -1.40. The van der Waals surface area contributed by atoms with Crippen molar-refractivity contribution in [3.63, 3.8) is 0 Å². The summed E-state index contributed by atoms with van der Waals surface area (Å²) in [5.41, 5.74) is 0.642. The summed E-state index contributed by atoms with van der Waals surface area (Å²) in [5.74, 6) is 0.324. The van der Waals surface area contributed by atoms with Crippen LogP contribution in [0.4, 0.5) is 0 Å². The highest BCUT2D eigenvalue weighted by atomic mass is 35.5. The third-order valence-corrected chi connectivity index (χ3v) is 3.22. The van der Waals surface area contributed by atoms with Crippen molar-refractivity contribution in [1.82, 2.24) is 10.1 Å². The highest BCUT2D eigenvalue weighted by molar-refractivity contribution is 7.90. The van der Waals surface area contributed by atoms with Gasteiger partial charge in [0.05, 0.1) is 4.90 Å². The Morgan fingerprint density at radius 3 is 2.31 bits per heavy atom. The zero-order valence-electron chi connectivity index (χ0n) is 8.21. The first-order valence-electron chi connectivity index (χ1n) is 4.26. The number of hydrogen-bond donors (Lipinski definition) is 0. The standard InChI is InChI=1S/C9H7ClN2O3S/c1-16(13,14)7-4-2-6(3-5-7)8-11-9(10)15-12-8/h2-5H,1H3. The number of hydrogen-bond acceptors (Lipinski definition) is 5. The average molecular weight is 259 g/mol. The van der Waals surface area contributed by atoms with Crippen molar-refractivity contribution in [3.8, 4) is 11.4 Å². The summed E-state index contributed by atoms with van der Waals surface area (Å²) >= 11 is 5.48. The molecule has 0 fully saturated rings. The van der Waals surface area contributed by atoms with Gasteiger partial charge in [0.25, 0.3) is 0 Å². The fraction of sp³-hybridized carbons (Fsp3) is 0.111. The van der Waals surface area contributed by atoms with Crippen LogP contribution >= 0.6 is 11.6 Å². The molecule has 0 atom stereocenters. The van der Waals surface area contributed by atoms with E-state index < -0.39 is 9.84 Å². The fourth-order valence-corrected chi connectivity index (χ4v) is 1.92. The van der Waals surface area contributed by atoms with Gasteiger partial charge in [0.1, 0.15) is 0 Å². The van der Waals surface area contributed by atoms with Crippen LogP contribution in [0.1, 0.15) is 0 Å². The lowest BCUT2D eigenvalue weighted by Crippen LogP contribution is -1.96. The van der Waals surface area contributed by atoms with Crippen molar-refractivity contribution in [2.24, 2.45) is 0 Å². The highest BCUT2D eigenvalue weighted by Gasteiger charge is 2.09. The van der Waals surface area contributed by atoms with Gasteiger partial charge in [-0.25, -0.2) is 8.42 Å². The number of nitrogens with zero attached hydrogens (tertiary/aromatic N) is 2. The van der Waals surface area contributed by atoms with Crippen molar-refractivity contribution < 1.29 is 12.9 Å². The van der Waals surface area contributed by atoms with Gasteiger partial charge in [-0.2, -0.15) is 4.98 Å². The zero-order valence-corrected chi connectivity index (χ0v) is 9.79. The first kappa shape index (κ1) is 11.1. The van der Waals surface area contributed by atoms with Gasteiger partial charge in [-0.3, -0.25) is 0 Å². The SMILES string of the molecule is CS(=O)(=O)c1ccc(-c2noc(Cl)n2)cc1. The normalized spacial score (nSPS) is 11.6. The Morgan fingerprint density at radius 2 is 1.88 bits per heavy atom. The Balaban J connectivity index is 2.40. The van der Waals surface area contributed by atoms with Crippen LogP contribution in [0.5, 0.6) is 0 Å². The van der Waals surface area contributed by atoms with E-state index in [-0.39, 0.29) is 10.2 Å². The second-order valence-corrected chi connectivity index (χ2v) is 5.51. The molecule has 0 aliphatic heterocycles. The third kappa shape index (κ3) is 2.23. The van der Waals surface area contributed by atoms with Gasteiger partial charge < -0.3 is 4.52 Å². The van der Waals surface area contributed by atoms with E-state index in [0.717, 1.165) is 6.26 Å². The topological polar surface area (TPSA) is 73.1 Å². The molecule has 0 bridgehead atoms. The smallest absolute Gasteiger partial charge is 0.320 e. The predicted octanol–water partition coefficient (Wildman–Crippen LogP) is 1.79. The number of benzene rings is 1. The predicted molar refractivity (Wildman–Crippen MR) is 57.9 cm³/mol. The maximum absolute atomic E-state index is 11.2. The van der Waals surface area contributed by atoms with E-state index in [4.69, 9.17) is 11.6 Å². The monoisotopic (exact) mass is 258 g/mol. The van der Waals surface area contributed by atoms with Gasteiger partial charge in [0.2, 0.25) is 5.82 Å². The van der Waals surface area contributed by atoms with Gasteiger partial charge >= 0.3 is 5.35 Å². The maximum Gasteiger partial charge on any atom is 0.320 e. The molecule has 1 heterocycles. The Morgan fingerprint density at radius 1 is 1.25 bits per heavy atom. The summed E-state index contributed by atoms with van der Waals surface area (Å²) in [6, 6.07) is 6.15. The molecule has 2 rings (SSSR count). The van der Waals surface area contributed by atoms with E-state index in [9.17, 15) is 8.42 Å². The van der Waals surface area contributed by atoms with Gasteiger partial charge in [-0.15, -0.1) is 0 Å². The number of aromatic nitrogens is 2. The summed E-state index contributed by atoms with van der Waals surface area (Å²) in [5, 5.41) is 3.56. The molecule has 0 N–H and O–H groups in total. The minimum Gasteiger partial charge on any atom is -0.321 e. The van der Waals surface area contributed by atoms with Crippen LogP contribution in [0.3, 0.4) is 0 Å². The van der Waals surface area contributed by atoms with Gasteiger partial charge in [0.15, 0.2) is 9.84 Å². The van der Waals surface area contributed by atoms with Gasteiger partial charge in [-0.05, 0) is 35.9 Å². The van der Waals surface area contributed by atoms with Crippen molar-refractivity contribution >= 4 is 21.4 Å². The summed E-state index contributed by atoms with van der Waals surface area (Å²) in [4.78, 5) is 4.05. The molecule has 0 aliphatic rings. The number of sulfone groups is 1. The third-order valence-electron chi connectivity index (χ3n) is 1.94. The quantitative estimate of drug-likeness (QED) is 0.821. The van der Waals surface area contributed by atoms with Crippen LogP contribution in [0.25, 0.3) is 11.4 Å². The Kier molecular flexibility index (Phi) is 2.69. The second kappa shape index (κ2) is 3.88. The summed E-state index contributed by atoms with van der Waals surface area (Å²) in [7, 11) is -3.19. The summed E-state index contributed by atoms with van der Waals surface area (Å²) in [6.45, 7) is 0. The van der Waals surface area contributed by atoms with E-state index in [1.807, 2.05) is 0 Å². The molecule has 7 heteroatoms. The van der Waals surface area contributed by atoms with E-state index in [1.54, 1.807) is 12.1 Å². The van der Waals surface area contributed by atoms with Crippen LogP contribution in [0.2, 0.25) is 5.35 Å². The molecule has 0 amide bonds. The van der Waals surface area contributed by atoms with Crippen LogP contribution in [-0.4, -0.2) is 24.8 Å². The molecule has 0 saturated carbocycles. The van der Waals surface area contributed by atoms with Crippen molar-refractivity contribution in [2.75, 3.05) is 6.26 Å². The number of rotatable bonds is 2. The second-order valence-electron chi connectivity index (χ2n) is 3.17. The summed E-state index contributed by atoms with van der Waals surface area (Å²) < 4.78 is 27.0. The van der Waals surface area contributed by atoms with Gasteiger partial charge in [-0.1, -0.05) is 5.16 Å². The molecule has 0 saturated heterocycles. The molecule has 84 valence electrons. The Bertz CT molecular complexity index is 604. The first-order chi connectivity index (χ1) is 7.47. The van der Waals surface area contributed by atoms with Crippen molar-refractivity contribution in [3.05, 3.63) is 29.6 Å². The molecular formula is C9H7ClN2O3S. The lowest BCUT2D eigenvalue weighted by molar-refractivity contribution is 0.421. The molecule has 0 unspecified atom stereocenters. The first-order valence-corrected chi connectivity index (χ1v) is 6.53. The van der Waals surface area contributed by atoms with E-state index >= 15 is 0 Å². The molecule has 16 heavy (non-hydrogen) atoms. The average Bonchev–Trinajstić information content (AvgIpc) is 2.64. The van der Waals surface area contributed by atoms with E-state index in [1.165, 1.54) is 12.1 Å². The van der Waals surface area contributed by atoms with Gasteiger partial charge in [0, 0.05) is 11.8 Å². The Labute approximate surface area is 97.0 Å². The molecule has 5 nitrogen and oxygen atoms in total. The number of halogens is 1. The van der Waals surface area contributed by atoms with Crippen LogP contribution in [0.15, 0.2) is 33.7 Å². The molecule has 0 aliphatic carbocycles. The van der Waals surface area contributed by atoms with Crippen molar-refractivity contribution in [1.29, 1.82) is 0 Å². The minimum atomic E-state index is -3.19. The molecule has 2 aromatic rings. The largest absolute Gasteiger partial charge is 0.321 e. The van der Waals surface area contributed by atoms with E-state index in [0.29, 0.717) is 11.4 Å². The molecule has 0 spiro atoms. The molecular weight excluding hydrogens is 252 g/mol. The molecule has 1 aromatic carbocycles. The van der Waals surface area contributed by atoms with E-state index in [2.05, 4.69) is 14.7 Å². The highest BCUT2D eigenvalue weighted by Crippen LogP contribution is 2.19. The summed E-state index contributed by atoms with van der Waals surface area (Å²) in [6.07, 6.45) is 1.15. The van der Waals surface area contributed by atoms with Crippen LogP contribution in [-0.2, 0) is 9.84 Å². The van der Waals surface area contributed by atoms with Crippen LogP contribution < -0.4 is 0 Å². The lowest BCUT2D eigenvalue weighted by atomic mass is 10.2. The zero-order chi connectivity index (χ0) is 11.8.